The van der Waals surface area contributed by atoms with Crippen molar-refractivity contribution in [3.8, 4) is 11.5 Å². The van der Waals surface area contributed by atoms with E-state index in [0.29, 0.717) is 19.8 Å². The summed E-state index contributed by atoms with van der Waals surface area (Å²) in [6.45, 7) is 1.81. The molecule has 25 heavy (non-hydrogen) atoms. The highest BCUT2D eigenvalue weighted by molar-refractivity contribution is 7.99. The van der Waals surface area contributed by atoms with Gasteiger partial charge in [0.15, 0.2) is 11.5 Å². The number of ether oxygens (including phenoxy) is 2. The van der Waals surface area contributed by atoms with Gasteiger partial charge in [-0.25, -0.2) is 0 Å². The first kappa shape index (κ1) is 16.6. The molecule has 2 atom stereocenters. The smallest absolute Gasteiger partial charge is 0.246 e. The Morgan fingerprint density at radius 2 is 1.88 bits per heavy atom. The second-order valence-electron chi connectivity index (χ2n) is 5.93. The number of carbonyl (C=O) groups excluding carboxylic acids is 1. The molecule has 0 saturated carbocycles. The second-order valence-corrected chi connectivity index (χ2v) is 7.56. The van der Waals surface area contributed by atoms with E-state index in [9.17, 15) is 4.79 Å². The average Bonchev–Trinajstić information content (AvgIpc) is 3.17. The fourth-order valence-corrected chi connectivity index (χ4v) is 4.62. The first-order chi connectivity index (χ1) is 12.2. The molecule has 2 aromatic rings. The van der Waals surface area contributed by atoms with Crippen LogP contribution < -0.4 is 9.47 Å². The van der Waals surface area contributed by atoms with Gasteiger partial charge < -0.3 is 14.4 Å². The van der Waals surface area contributed by atoms with Crippen molar-refractivity contribution < 1.29 is 14.3 Å². The fraction of sp³-hybridized carbons (Fsp3) is 0.316. The quantitative estimate of drug-likeness (QED) is 0.760. The lowest BCUT2D eigenvalue weighted by Gasteiger charge is -2.27. The van der Waals surface area contributed by atoms with Crippen molar-refractivity contribution in [2.75, 3.05) is 25.5 Å². The lowest BCUT2D eigenvalue weighted by Crippen LogP contribution is -2.33. The molecule has 6 heteroatoms. The van der Waals surface area contributed by atoms with Gasteiger partial charge in [-0.3, -0.25) is 4.79 Å². The molecule has 0 bridgehead atoms. The molecule has 0 aliphatic carbocycles. The number of alkyl halides is 1. The predicted molar refractivity (Wildman–Crippen MR) is 99.4 cm³/mol. The summed E-state index contributed by atoms with van der Waals surface area (Å²) in [5.41, 5.74) is 1.86. The van der Waals surface area contributed by atoms with Crippen LogP contribution in [0.2, 0.25) is 0 Å². The van der Waals surface area contributed by atoms with E-state index in [2.05, 4.69) is 0 Å². The van der Waals surface area contributed by atoms with E-state index in [-0.39, 0.29) is 11.3 Å². The number of halogens is 1. The third-order valence-corrected chi connectivity index (χ3v) is 6.03. The Kier molecular flexibility index (Phi) is 4.77. The van der Waals surface area contributed by atoms with Gasteiger partial charge in [-0.05, 0) is 23.3 Å². The molecule has 0 N–H and O–H groups in total. The van der Waals surface area contributed by atoms with Gasteiger partial charge in [0.2, 0.25) is 5.91 Å². The Morgan fingerprint density at radius 1 is 1.12 bits per heavy atom. The van der Waals surface area contributed by atoms with Gasteiger partial charge in [0, 0.05) is 12.3 Å². The molecule has 2 aromatic carbocycles. The summed E-state index contributed by atoms with van der Waals surface area (Å²) in [5.74, 6) is 2.34. The lowest BCUT2D eigenvalue weighted by molar-refractivity contribution is -0.131. The van der Waals surface area contributed by atoms with Crippen LogP contribution in [0.4, 0.5) is 0 Å². The summed E-state index contributed by atoms with van der Waals surface area (Å²) >= 11 is 8.20. The van der Waals surface area contributed by atoms with E-state index >= 15 is 0 Å². The summed E-state index contributed by atoms with van der Waals surface area (Å²) < 4.78 is 11.3. The first-order valence-corrected chi connectivity index (χ1v) is 9.73. The van der Waals surface area contributed by atoms with Crippen LogP contribution in [0.5, 0.6) is 11.5 Å². The zero-order valence-corrected chi connectivity index (χ0v) is 15.1. The molecule has 1 saturated heterocycles. The Hall–Kier alpha value is -1.85. The number of hydrogen-bond donors (Lipinski definition) is 0. The SMILES string of the molecule is O=C(C(Cl)c1ccccc1)N1CCSC1c1ccc2c(c1)OCCO2. The number of thioether (sulfide) groups is 1. The highest BCUT2D eigenvalue weighted by Crippen LogP contribution is 2.43. The molecule has 0 spiro atoms. The largest absolute Gasteiger partial charge is 0.486 e. The highest BCUT2D eigenvalue weighted by Gasteiger charge is 2.35. The maximum atomic E-state index is 12.9. The molecule has 130 valence electrons. The molecule has 1 amide bonds. The van der Waals surface area contributed by atoms with Crippen molar-refractivity contribution in [2.24, 2.45) is 0 Å². The predicted octanol–water partition coefficient (Wildman–Crippen LogP) is 4.01. The topological polar surface area (TPSA) is 38.8 Å². The normalized spacial score (nSPS) is 20.4. The minimum Gasteiger partial charge on any atom is -0.486 e. The molecule has 0 aromatic heterocycles. The van der Waals surface area contributed by atoms with Crippen LogP contribution in [-0.4, -0.2) is 36.3 Å². The fourth-order valence-electron chi connectivity index (χ4n) is 3.10. The molecule has 2 aliphatic rings. The van der Waals surface area contributed by atoms with Crippen molar-refractivity contribution in [2.45, 2.75) is 10.8 Å². The van der Waals surface area contributed by atoms with Gasteiger partial charge in [-0.2, -0.15) is 0 Å². The first-order valence-electron chi connectivity index (χ1n) is 8.25. The third kappa shape index (κ3) is 3.31. The zero-order chi connectivity index (χ0) is 17.2. The monoisotopic (exact) mass is 375 g/mol. The Labute approximate surface area is 156 Å². The van der Waals surface area contributed by atoms with Crippen molar-refractivity contribution in [1.82, 2.24) is 4.90 Å². The molecular formula is C19H18ClNO3S. The van der Waals surface area contributed by atoms with Crippen LogP contribution >= 0.6 is 23.4 Å². The van der Waals surface area contributed by atoms with Gasteiger partial charge in [0.05, 0.1) is 0 Å². The zero-order valence-electron chi connectivity index (χ0n) is 13.6. The Balaban J connectivity index is 1.57. The summed E-state index contributed by atoms with van der Waals surface area (Å²) in [5, 5.41) is -0.715. The van der Waals surface area contributed by atoms with E-state index in [1.807, 2.05) is 53.4 Å². The van der Waals surface area contributed by atoms with Gasteiger partial charge in [0.1, 0.15) is 24.0 Å². The van der Waals surface area contributed by atoms with E-state index in [1.165, 1.54) is 0 Å². The maximum Gasteiger partial charge on any atom is 0.246 e. The molecule has 4 rings (SSSR count). The summed E-state index contributed by atoms with van der Waals surface area (Å²) in [4.78, 5) is 14.8. The van der Waals surface area contributed by atoms with Crippen molar-refractivity contribution in [3.63, 3.8) is 0 Å². The molecule has 2 heterocycles. The molecule has 2 aliphatic heterocycles. The van der Waals surface area contributed by atoms with Crippen LogP contribution in [0.3, 0.4) is 0 Å². The highest BCUT2D eigenvalue weighted by atomic mass is 35.5. The van der Waals surface area contributed by atoms with E-state index in [0.717, 1.165) is 28.4 Å². The van der Waals surface area contributed by atoms with Gasteiger partial charge in [-0.1, -0.05) is 36.4 Å². The summed E-state index contributed by atoms with van der Waals surface area (Å²) in [6.07, 6.45) is 0. The number of hydrogen-bond acceptors (Lipinski definition) is 4. The lowest BCUT2D eigenvalue weighted by atomic mass is 10.1. The van der Waals surface area contributed by atoms with Crippen LogP contribution in [0.15, 0.2) is 48.5 Å². The maximum absolute atomic E-state index is 12.9. The Morgan fingerprint density at radius 3 is 2.68 bits per heavy atom. The molecule has 4 nitrogen and oxygen atoms in total. The van der Waals surface area contributed by atoms with Crippen LogP contribution in [0, 0.1) is 0 Å². The summed E-state index contributed by atoms with van der Waals surface area (Å²) in [6, 6.07) is 15.4. The minimum atomic E-state index is -0.667. The molecule has 1 fully saturated rings. The Bertz CT molecular complexity index is 771. The minimum absolute atomic E-state index is 0.0479. The third-order valence-electron chi connectivity index (χ3n) is 4.33. The molecule has 0 radical (unpaired) electrons. The second kappa shape index (κ2) is 7.18. The molecule has 2 unspecified atom stereocenters. The average molecular weight is 376 g/mol. The van der Waals surface area contributed by atoms with Crippen molar-refractivity contribution in [3.05, 3.63) is 59.7 Å². The number of nitrogens with zero attached hydrogens (tertiary/aromatic N) is 1. The standard InChI is InChI=1S/C19H18ClNO3S/c20-17(13-4-2-1-3-5-13)18(22)21-8-11-25-19(21)14-6-7-15-16(12-14)24-10-9-23-15/h1-7,12,17,19H,8-11H2. The number of amides is 1. The van der Waals surface area contributed by atoms with Crippen molar-refractivity contribution >= 4 is 29.3 Å². The van der Waals surface area contributed by atoms with E-state index in [1.54, 1.807) is 11.8 Å². The number of carbonyl (C=O) groups is 1. The van der Waals surface area contributed by atoms with Gasteiger partial charge >= 0.3 is 0 Å². The van der Waals surface area contributed by atoms with Crippen LogP contribution in [0.25, 0.3) is 0 Å². The van der Waals surface area contributed by atoms with Gasteiger partial charge in [0.25, 0.3) is 0 Å². The number of fused-ring (bicyclic) bond motifs is 1. The summed E-state index contributed by atoms with van der Waals surface area (Å²) in [7, 11) is 0. The van der Waals surface area contributed by atoms with E-state index < -0.39 is 5.38 Å². The molecular weight excluding hydrogens is 358 g/mol. The van der Waals surface area contributed by atoms with E-state index in [4.69, 9.17) is 21.1 Å². The van der Waals surface area contributed by atoms with Crippen LogP contribution in [0.1, 0.15) is 21.9 Å². The number of rotatable bonds is 3. The van der Waals surface area contributed by atoms with Crippen molar-refractivity contribution in [1.29, 1.82) is 0 Å². The van der Waals surface area contributed by atoms with Gasteiger partial charge in [-0.15, -0.1) is 23.4 Å². The number of benzene rings is 2. The van der Waals surface area contributed by atoms with Crippen LogP contribution in [-0.2, 0) is 4.79 Å².